The van der Waals surface area contributed by atoms with Crippen LogP contribution >= 0.6 is 0 Å². The average Bonchev–Trinajstić information content (AvgIpc) is 2.74. The largest absolute Gasteiger partial charge is 0.466 e. The lowest BCUT2D eigenvalue weighted by molar-refractivity contribution is -0.147. The summed E-state index contributed by atoms with van der Waals surface area (Å²) in [6, 6.07) is 0. The first-order chi connectivity index (χ1) is 15.1. The number of rotatable bonds is 23. The van der Waals surface area contributed by atoms with E-state index in [1.165, 1.54) is 83.5 Å². The molecule has 0 saturated carbocycles. The highest BCUT2D eigenvalue weighted by Gasteiger charge is 2.06. The maximum absolute atomic E-state index is 11.7. The predicted molar refractivity (Wildman–Crippen MR) is 125 cm³/mol. The highest BCUT2D eigenvalue weighted by molar-refractivity contribution is 5.79. The Balaban J connectivity index is 3.24. The summed E-state index contributed by atoms with van der Waals surface area (Å²) < 4.78 is 10.1. The Morgan fingerprint density at radius 1 is 0.516 bits per heavy atom. The first-order valence-electron chi connectivity index (χ1n) is 12.7. The second-order valence-electron chi connectivity index (χ2n) is 8.46. The average molecular weight is 442 g/mol. The lowest BCUT2D eigenvalue weighted by atomic mass is 10.0. The monoisotopic (exact) mass is 441 g/mol. The van der Waals surface area contributed by atoms with Gasteiger partial charge in [-0.1, -0.05) is 96.8 Å². The first kappa shape index (κ1) is 29.4. The van der Waals surface area contributed by atoms with Crippen LogP contribution in [0.15, 0.2) is 0 Å². The Morgan fingerprint density at radius 2 is 0.903 bits per heavy atom. The van der Waals surface area contributed by atoms with Crippen molar-refractivity contribution < 1.29 is 23.9 Å². The zero-order valence-corrected chi connectivity index (χ0v) is 20.0. The minimum Gasteiger partial charge on any atom is -0.466 e. The third-order valence-corrected chi connectivity index (χ3v) is 5.37. The van der Waals surface area contributed by atoms with Crippen LogP contribution in [0, 0.1) is 0 Å². The molecule has 0 aliphatic heterocycles. The van der Waals surface area contributed by atoms with Crippen LogP contribution in [-0.2, 0) is 23.9 Å². The Labute approximate surface area is 190 Å². The number of hydrogen-bond donors (Lipinski definition) is 1. The quantitative estimate of drug-likeness (QED) is 0.155. The number of unbranched alkanes of at least 4 members (excludes halogenated alkanes) is 14. The molecule has 0 spiro atoms. The zero-order valence-electron chi connectivity index (χ0n) is 20.0. The van der Waals surface area contributed by atoms with Gasteiger partial charge >= 0.3 is 11.9 Å². The smallest absolute Gasteiger partial charge is 0.306 e. The molecule has 0 atom stereocenters. The van der Waals surface area contributed by atoms with Crippen LogP contribution in [-0.4, -0.2) is 31.1 Å². The van der Waals surface area contributed by atoms with Gasteiger partial charge in [-0.25, -0.2) is 0 Å². The fourth-order valence-corrected chi connectivity index (χ4v) is 3.44. The highest BCUT2D eigenvalue weighted by Crippen LogP contribution is 2.13. The van der Waals surface area contributed by atoms with Crippen LogP contribution in [0.2, 0.25) is 0 Å². The Bertz CT molecular complexity index is 453. The summed E-state index contributed by atoms with van der Waals surface area (Å²) in [5.74, 6) is -1.16. The van der Waals surface area contributed by atoms with Gasteiger partial charge in [0, 0.05) is 19.3 Å². The molecule has 0 aromatic carbocycles. The molecule has 31 heavy (non-hydrogen) atoms. The number of carbonyl (C=O) groups excluding carboxylic acids is 3. The van der Waals surface area contributed by atoms with E-state index >= 15 is 0 Å². The number of ether oxygens (including phenoxy) is 2. The van der Waals surface area contributed by atoms with E-state index < -0.39 is 11.9 Å². The van der Waals surface area contributed by atoms with Crippen molar-refractivity contribution in [3.63, 3.8) is 0 Å². The molecule has 0 unspecified atom stereocenters. The van der Waals surface area contributed by atoms with Gasteiger partial charge in [0.1, 0.15) is 0 Å². The molecule has 2 N–H and O–H groups in total. The highest BCUT2D eigenvalue weighted by atomic mass is 16.5. The van der Waals surface area contributed by atoms with E-state index in [2.05, 4.69) is 6.92 Å². The molecule has 182 valence electrons. The van der Waals surface area contributed by atoms with Gasteiger partial charge in [-0.2, -0.15) is 0 Å². The lowest BCUT2D eigenvalue weighted by Crippen LogP contribution is -2.15. The van der Waals surface area contributed by atoms with Crippen LogP contribution < -0.4 is 5.73 Å². The molecule has 0 heterocycles. The Morgan fingerprint density at radius 3 is 1.32 bits per heavy atom. The molecular formula is C25H47NO5. The standard InChI is InChI=1S/C25H47NO5/c1-2-3-4-5-6-7-8-9-10-11-12-13-14-15-16-18-24(28)30-21-17-22-31-25(29)20-19-23(26)27/h2-22H2,1H3,(H2,26,27). The number of nitrogens with two attached hydrogens (primary N) is 1. The van der Waals surface area contributed by atoms with Gasteiger partial charge in [0.25, 0.3) is 0 Å². The first-order valence-corrected chi connectivity index (χ1v) is 12.7. The SMILES string of the molecule is CCCCCCCCCCCCCCCCCC(=O)OCCCOC(=O)CCC(N)=O. The van der Waals surface area contributed by atoms with Gasteiger partial charge in [0.15, 0.2) is 0 Å². The fourth-order valence-electron chi connectivity index (χ4n) is 3.44. The maximum atomic E-state index is 11.7. The lowest BCUT2D eigenvalue weighted by Gasteiger charge is -2.06. The summed E-state index contributed by atoms with van der Waals surface area (Å²) in [7, 11) is 0. The molecule has 0 aromatic heterocycles. The summed E-state index contributed by atoms with van der Waals surface area (Å²) in [6.07, 6.45) is 20.4. The fraction of sp³-hybridized carbons (Fsp3) is 0.880. The molecule has 0 rings (SSSR count). The number of primary amides is 1. The molecule has 0 aromatic rings. The number of esters is 2. The summed E-state index contributed by atoms with van der Waals surface area (Å²) >= 11 is 0. The van der Waals surface area contributed by atoms with Crippen LogP contribution in [0.1, 0.15) is 129 Å². The van der Waals surface area contributed by atoms with E-state index in [0.29, 0.717) is 12.8 Å². The van der Waals surface area contributed by atoms with Gasteiger partial charge in [-0.3, -0.25) is 14.4 Å². The Hall–Kier alpha value is -1.59. The van der Waals surface area contributed by atoms with E-state index in [0.717, 1.165) is 12.8 Å². The molecule has 0 aliphatic carbocycles. The van der Waals surface area contributed by atoms with Crippen molar-refractivity contribution in [1.29, 1.82) is 0 Å². The van der Waals surface area contributed by atoms with Crippen molar-refractivity contribution in [3.8, 4) is 0 Å². The van der Waals surface area contributed by atoms with Gasteiger partial charge in [0.05, 0.1) is 19.6 Å². The molecule has 0 bridgehead atoms. The minimum atomic E-state index is -0.523. The maximum Gasteiger partial charge on any atom is 0.306 e. The molecule has 1 amide bonds. The molecule has 0 fully saturated rings. The second kappa shape index (κ2) is 23.1. The van der Waals surface area contributed by atoms with Crippen LogP contribution in [0.5, 0.6) is 0 Å². The van der Waals surface area contributed by atoms with E-state index in [9.17, 15) is 14.4 Å². The van der Waals surface area contributed by atoms with Crippen LogP contribution in [0.25, 0.3) is 0 Å². The number of amides is 1. The summed E-state index contributed by atoms with van der Waals surface area (Å²) in [5.41, 5.74) is 4.96. The van der Waals surface area contributed by atoms with E-state index in [1.54, 1.807) is 0 Å². The van der Waals surface area contributed by atoms with Crippen molar-refractivity contribution in [2.24, 2.45) is 5.73 Å². The van der Waals surface area contributed by atoms with Crippen molar-refractivity contribution >= 4 is 17.8 Å². The normalized spacial score (nSPS) is 10.7. The molecule has 0 radical (unpaired) electrons. The third kappa shape index (κ3) is 24.6. The third-order valence-electron chi connectivity index (χ3n) is 5.37. The van der Waals surface area contributed by atoms with E-state index in [1.807, 2.05) is 0 Å². The van der Waals surface area contributed by atoms with Crippen molar-refractivity contribution in [2.75, 3.05) is 13.2 Å². The van der Waals surface area contributed by atoms with Gasteiger partial charge < -0.3 is 15.2 Å². The van der Waals surface area contributed by atoms with Crippen molar-refractivity contribution in [3.05, 3.63) is 0 Å². The van der Waals surface area contributed by atoms with Crippen molar-refractivity contribution in [2.45, 2.75) is 129 Å². The van der Waals surface area contributed by atoms with Gasteiger partial charge in [-0.05, 0) is 6.42 Å². The summed E-state index contributed by atoms with van der Waals surface area (Å²) in [6.45, 7) is 2.70. The molecule has 0 saturated heterocycles. The number of carbonyl (C=O) groups is 3. The summed E-state index contributed by atoms with van der Waals surface area (Å²) in [4.78, 5) is 33.5. The van der Waals surface area contributed by atoms with Crippen molar-refractivity contribution in [1.82, 2.24) is 0 Å². The predicted octanol–water partition coefficient (Wildman–Crippen LogP) is 5.99. The topological polar surface area (TPSA) is 95.7 Å². The van der Waals surface area contributed by atoms with E-state index in [4.69, 9.17) is 15.2 Å². The molecule has 0 aliphatic rings. The van der Waals surface area contributed by atoms with Crippen LogP contribution in [0.4, 0.5) is 0 Å². The zero-order chi connectivity index (χ0) is 23.0. The molecule has 6 heteroatoms. The van der Waals surface area contributed by atoms with E-state index in [-0.39, 0.29) is 32.0 Å². The van der Waals surface area contributed by atoms with Gasteiger partial charge in [-0.15, -0.1) is 0 Å². The molecule has 6 nitrogen and oxygen atoms in total. The second-order valence-corrected chi connectivity index (χ2v) is 8.46. The summed E-state index contributed by atoms with van der Waals surface area (Å²) in [5, 5.41) is 0. The van der Waals surface area contributed by atoms with Gasteiger partial charge in [0.2, 0.25) is 5.91 Å². The minimum absolute atomic E-state index is 0.00564. The number of hydrogen-bond acceptors (Lipinski definition) is 5. The Kier molecular flexibility index (Phi) is 21.9. The van der Waals surface area contributed by atoms with Crippen LogP contribution in [0.3, 0.4) is 0 Å². The molecular weight excluding hydrogens is 394 g/mol.